The van der Waals surface area contributed by atoms with Gasteiger partial charge in [-0.15, -0.1) is 0 Å². The standard InChI is InChI=1S/C31H42F3NO4/c1-17-19-6-8-28(4)20-7-9-30(26(37)38-16-31(32,33)34)11-10-27(2,3)14-21(30)24(20)22(36)12-23(28)29(19,5)13-18-15-35-39-25(17)18/h15,17,19-21,23-24H,6-14,16H2,1-5H3. The third-order valence-electron chi connectivity index (χ3n) is 12.6. The zero-order valence-corrected chi connectivity index (χ0v) is 23.8. The molecule has 8 heteroatoms. The number of ether oxygens (including phenoxy) is 1. The van der Waals surface area contributed by atoms with Gasteiger partial charge in [0.15, 0.2) is 6.61 Å². The van der Waals surface area contributed by atoms with E-state index in [-0.39, 0.29) is 51.6 Å². The topological polar surface area (TPSA) is 69.4 Å². The highest BCUT2D eigenvalue weighted by atomic mass is 19.4. The minimum Gasteiger partial charge on any atom is -0.456 e. The van der Waals surface area contributed by atoms with Gasteiger partial charge in [-0.05, 0) is 91.3 Å². The minimum atomic E-state index is -4.57. The first-order valence-corrected chi connectivity index (χ1v) is 14.8. The smallest absolute Gasteiger partial charge is 0.422 e. The molecule has 4 fully saturated rings. The third-order valence-corrected chi connectivity index (χ3v) is 12.6. The highest BCUT2D eigenvalue weighted by Crippen LogP contribution is 2.71. The van der Waals surface area contributed by atoms with E-state index >= 15 is 0 Å². The number of carbonyl (C=O) groups is 2. The molecule has 0 aromatic carbocycles. The number of hydrogen-bond donors (Lipinski definition) is 0. The van der Waals surface area contributed by atoms with Crippen LogP contribution in [0.25, 0.3) is 0 Å². The Bertz CT molecular complexity index is 1170. The van der Waals surface area contributed by atoms with Crippen LogP contribution in [-0.2, 0) is 20.7 Å². The molecule has 9 atom stereocenters. The summed E-state index contributed by atoms with van der Waals surface area (Å²) in [6.45, 7) is 9.73. The van der Waals surface area contributed by atoms with Crippen molar-refractivity contribution in [3.05, 3.63) is 17.5 Å². The Morgan fingerprint density at radius 1 is 1.05 bits per heavy atom. The molecule has 1 aromatic heterocycles. The number of ketones is 1. The lowest BCUT2D eigenvalue weighted by Crippen LogP contribution is -2.65. The zero-order valence-electron chi connectivity index (χ0n) is 23.8. The van der Waals surface area contributed by atoms with Gasteiger partial charge in [0.1, 0.15) is 11.5 Å². The Balaban J connectivity index is 1.36. The molecule has 9 unspecified atom stereocenters. The van der Waals surface area contributed by atoms with Crippen LogP contribution in [0.4, 0.5) is 13.2 Å². The first-order chi connectivity index (χ1) is 18.1. The number of hydrogen-bond acceptors (Lipinski definition) is 5. The minimum absolute atomic E-state index is 0.0579. The molecule has 5 aliphatic carbocycles. The van der Waals surface area contributed by atoms with Crippen molar-refractivity contribution in [1.29, 1.82) is 0 Å². The molecule has 0 bridgehead atoms. The molecule has 0 spiro atoms. The fraction of sp³-hybridized carbons (Fsp3) is 0.839. The maximum atomic E-state index is 14.3. The molecular weight excluding hydrogens is 507 g/mol. The Labute approximate surface area is 229 Å². The highest BCUT2D eigenvalue weighted by molar-refractivity contribution is 5.86. The van der Waals surface area contributed by atoms with Gasteiger partial charge in [0.2, 0.25) is 0 Å². The van der Waals surface area contributed by atoms with Gasteiger partial charge in [0.25, 0.3) is 0 Å². The van der Waals surface area contributed by atoms with Crippen molar-refractivity contribution >= 4 is 11.8 Å². The van der Waals surface area contributed by atoms with Gasteiger partial charge in [0, 0.05) is 23.8 Å². The maximum absolute atomic E-state index is 14.3. The van der Waals surface area contributed by atoms with Gasteiger partial charge in [0.05, 0.1) is 11.6 Å². The van der Waals surface area contributed by atoms with Crippen LogP contribution >= 0.6 is 0 Å². The molecule has 0 aliphatic heterocycles. The summed E-state index contributed by atoms with van der Waals surface area (Å²) in [7, 11) is 0. The van der Waals surface area contributed by atoms with Crippen LogP contribution in [0.2, 0.25) is 0 Å². The molecule has 216 valence electrons. The first kappa shape index (κ1) is 27.3. The number of fused-ring (bicyclic) bond motifs is 8. The molecule has 1 aromatic rings. The summed E-state index contributed by atoms with van der Waals surface area (Å²) >= 11 is 0. The van der Waals surface area contributed by atoms with Crippen LogP contribution in [-0.4, -0.2) is 29.7 Å². The van der Waals surface area contributed by atoms with E-state index in [2.05, 4.69) is 39.8 Å². The normalized spacial score (nSPS) is 44.8. The second-order valence-corrected chi connectivity index (χ2v) is 15.1. The molecule has 0 N–H and O–H groups in total. The molecule has 0 amide bonds. The largest absolute Gasteiger partial charge is 0.456 e. The Morgan fingerprint density at radius 2 is 1.77 bits per heavy atom. The van der Waals surface area contributed by atoms with E-state index in [9.17, 15) is 22.8 Å². The van der Waals surface area contributed by atoms with E-state index < -0.39 is 24.2 Å². The third kappa shape index (κ3) is 3.96. The first-order valence-electron chi connectivity index (χ1n) is 14.8. The van der Waals surface area contributed by atoms with Crippen LogP contribution in [0, 0.1) is 51.2 Å². The van der Waals surface area contributed by atoms with Gasteiger partial charge in [-0.1, -0.05) is 39.8 Å². The lowest BCUT2D eigenvalue weighted by molar-refractivity contribution is -0.215. The van der Waals surface area contributed by atoms with Crippen LogP contribution in [0.3, 0.4) is 0 Å². The Hall–Kier alpha value is -1.86. The zero-order chi connectivity index (χ0) is 28.2. The van der Waals surface area contributed by atoms with E-state index in [0.717, 1.165) is 37.0 Å². The summed E-state index contributed by atoms with van der Waals surface area (Å²) in [5.41, 5.74) is -0.0481. The maximum Gasteiger partial charge on any atom is 0.422 e. The van der Waals surface area contributed by atoms with E-state index in [4.69, 9.17) is 9.26 Å². The van der Waals surface area contributed by atoms with Gasteiger partial charge in [-0.2, -0.15) is 13.2 Å². The molecule has 5 nitrogen and oxygen atoms in total. The molecule has 6 rings (SSSR count). The molecule has 0 radical (unpaired) electrons. The summed E-state index contributed by atoms with van der Waals surface area (Å²) in [4.78, 5) is 27.8. The van der Waals surface area contributed by atoms with E-state index in [1.807, 2.05) is 6.20 Å². The van der Waals surface area contributed by atoms with Crippen molar-refractivity contribution in [3.8, 4) is 0 Å². The summed E-state index contributed by atoms with van der Waals surface area (Å²) < 4.78 is 49.7. The predicted molar refractivity (Wildman–Crippen MR) is 137 cm³/mol. The van der Waals surface area contributed by atoms with Crippen LogP contribution in [0.1, 0.15) is 103 Å². The molecule has 39 heavy (non-hydrogen) atoms. The number of carbonyl (C=O) groups excluding carboxylic acids is 2. The second kappa shape index (κ2) is 8.58. The van der Waals surface area contributed by atoms with Gasteiger partial charge >= 0.3 is 12.1 Å². The van der Waals surface area contributed by atoms with E-state index in [1.165, 1.54) is 0 Å². The fourth-order valence-electron chi connectivity index (χ4n) is 10.8. The van der Waals surface area contributed by atoms with Gasteiger partial charge in [-0.3, -0.25) is 9.59 Å². The SMILES string of the molecule is CC1c2oncc2CC2(C)C1CCC1(C)C3CCC4(C(=O)OCC(F)(F)F)CCC(C)(C)CC4C3C(=O)CC21. The number of rotatable bonds is 2. The number of nitrogens with zero attached hydrogens (tertiary/aromatic N) is 1. The number of alkyl halides is 3. The number of halogens is 3. The molecular formula is C31H42F3NO4. The Morgan fingerprint density at radius 3 is 2.49 bits per heavy atom. The fourth-order valence-corrected chi connectivity index (χ4v) is 10.8. The van der Waals surface area contributed by atoms with Gasteiger partial charge < -0.3 is 9.26 Å². The predicted octanol–water partition coefficient (Wildman–Crippen LogP) is 7.29. The molecule has 1 heterocycles. The van der Waals surface area contributed by atoms with Crippen molar-refractivity contribution in [2.75, 3.05) is 6.61 Å². The monoisotopic (exact) mass is 549 g/mol. The van der Waals surface area contributed by atoms with Gasteiger partial charge in [-0.25, -0.2) is 0 Å². The Kier molecular flexibility index (Phi) is 6.01. The summed E-state index contributed by atoms with van der Waals surface area (Å²) in [6, 6.07) is 0. The summed E-state index contributed by atoms with van der Waals surface area (Å²) in [6.07, 6.45) is 3.78. The van der Waals surface area contributed by atoms with Crippen molar-refractivity contribution in [2.45, 2.75) is 105 Å². The number of esters is 1. The van der Waals surface area contributed by atoms with Crippen LogP contribution in [0.5, 0.6) is 0 Å². The summed E-state index contributed by atoms with van der Waals surface area (Å²) in [5, 5.41) is 4.10. The average molecular weight is 550 g/mol. The van der Waals surface area contributed by atoms with Crippen LogP contribution < -0.4 is 0 Å². The average Bonchev–Trinajstić information content (AvgIpc) is 3.31. The quantitative estimate of drug-likeness (QED) is 0.362. The molecule has 4 saturated carbocycles. The van der Waals surface area contributed by atoms with Crippen molar-refractivity contribution in [1.82, 2.24) is 5.16 Å². The van der Waals surface area contributed by atoms with Crippen molar-refractivity contribution in [3.63, 3.8) is 0 Å². The summed E-state index contributed by atoms with van der Waals surface area (Å²) in [5.74, 6) is 0.892. The van der Waals surface area contributed by atoms with Crippen molar-refractivity contribution < 1.29 is 32.0 Å². The highest BCUT2D eigenvalue weighted by Gasteiger charge is 2.68. The van der Waals surface area contributed by atoms with E-state index in [1.54, 1.807) is 0 Å². The van der Waals surface area contributed by atoms with Crippen LogP contribution in [0.15, 0.2) is 10.7 Å². The van der Waals surface area contributed by atoms with E-state index in [0.29, 0.717) is 38.0 Å². The second-order valence-electron chi connectivity index (χ2n) is 15.1. The molecule has 0 saturated heterocycles. The van der Waals surface area contributed by atoms with Crippen molar-refractivity contribution in [2.24, 2.45) is 51.2 Å². The lowest BCUT2D eigenvalue weighted by atomic mass is 9.36. The molecule has 5 aliphatic rings. The number of Topliss-reactive ketones (excluding diaryl/α,β-unsaturated/α-hetero) is 1. The number of aromatic nitrogens is 1. The lowest BCUT2D eigenvalue weighted by Gasteiger charge is -2.67.